The number of nitrogens with zero attached hydrogens (tertiary/aromatic N) is 2. The van der Waals surface area contributed by atoms with E-state index in [-0.39, 0.29) is 18.4 Å². The van der Waals surface area contributed by atoms with Gasteiger partial charge in [0, 0.05) is 25.5 Å². The van der Waals surface area contributed by atoms with Crippen molar-refractivity contribution in [2.75, 3.05) is 13.2 Å². The van der Waals surface area contributed by atoms with Crippen molar-refractivity contribution in [1.82, 2.24) is 4.90 Å². The van der Waals surface area contributed by atoms with E-state index < -0.39 is 5.54 Å². The molecule has 0 radical (unpaired) electrons. The van der Waals surface area contributed by atoms with Crippen molar-refractivity contribution in [1.29, 1.82) is 5.26 Å². The molecule has 0 spiro atoms. The van der Waals surface area contributed by atoms with Gasteiger partial charge >= 0.3 is 0 Å². The first-order chi connectivity index (χ1) is 6.74. The summed E-state index contributed by atoms with van der Waals surface area (Å²) in [6, 6.07) is 2.26. The summed E-state index contributed by atoms with van der Waals surface area (Å²) < 4.78 is 0. The Balaban J connectivity index is 2.34. The SMILES string of the molecule is N#C[C@]12CCC(=O)N1CCC[C@@H]2CO. The molecule has 2 fully saturated rings. The summed E-state index contributed by atoms with van der Waals surface area (Å²) in [5, 5.41) is 18.4. The molecule has 4 heteroatoms. The molecule has 0 aliphatic carbocycles. The number of piperidine rings is 1. The largest absolute Gasteiger partial charge is 0.396 e. The minimum Gasteiger partial charge on any atom is -0.396 e. The van der Waals surface area contributed by atoms with Gasteiger partial charge in [-0.05, 0) is 19.3 Å². The van der Waals surface area contributed by atoms with Crippen LogP contribution in [0.15, 0.2) is 0 Å². The second-order valence-electron chi connectivity index (χ2n) is 4.10. The van der Waals surface area contributed by atoms with Gasteiger partial charge in [0.1, 0.15) is 5.54 Å². The number of nitriles is 1. The Morgan fingerprint density at radius 1 is 1.71 bits per heavy atom. The maximum absolute atomic E-state index is 11.5. The van der Waals surface area contributed by atoms with Gasteiger partial charge < -0.3 is 10.0 Å². The van der Waals surface area contributed by atoms with E-state index in [0.29, 0.717) is 19.4 Å². The van der Waals surface area contributed by atoms with Crippen molar-refractivity contribution >= 4 is 5.91 Å². The topological polar surface area (TPSA) is 64.3 Å². The van der Waals surface area contributed by atoms with E-state index in [4.69, 9.17) is 0 Å². The predicted molar refractivity (Wildman–Crippen MR) is 49.1 cm³/mol. The van der Waals surface area contributed by atoms with Crippen molar-refractivity contribution in [3.8, 4) is 6.07 Å². The number of fused-ring (bicyclic) bond motifs is 1. The zero-order chi connectivity index (χ0) is 10.2. The molecule has 0 aromatic rings. The highest BCUT2D eigenvalue weighted by Crippen LogP contribution is 2.41. The molecular weight excluding hydrogens is 180 g/mol. The molecule has 0 aromatic carbocycles. The Morgan fingerprint density at radius 3 is 3.14 bits per heavy atom. The molecule has 0 aromatic heterocycles. The van der Waals surface area contributed by atoms with Gasteiger partial charge in [-0.2, -0.15) is 5.26 Å². The van der Waals surface area contributed by atoms with Crippen molar-refractivity contribution < 1.29 is 9.90 Å². The lowest BCUT2D eigenvalue weighted by Crippen LogP contribution is -2.54. The highest BCUT2D eigenvalue weighted by Gasteiger charge is 2.52. The van der Waals surface area contributed by atoms with Crippen LogP contribution >= 0.6 is 0 Å². The van der Waals surface area contributed by atoms with E-state index in [9.17, 15) is 15.2 Å². The number of aliphatic hydroxyl groups excluding tert-OH is 1. The summed E-state index contributed by atoms with van der Waals surface area (Å²) in [5.74, 6) is 0.0254. The molecule has 2 saturated heterocycles. The molecule has 2 rings (SSSR count). The van der Waals surface area contributed by atoms with Gasteiger partial charge in [0.05, 0.1) is 6.07 Å². The summed E-state index contributed by atoms with van der Waals surface area (Å²) >= 11 is 0. The number of aliphatic hydroxyl groups is 1. The van der Waals surface area contributed by atoms with Crippen LogP contribution in [0.5, 0.6) is 0 Å². The first-order valence-electron chi connectivity index (χ1n) is 5.07. The van der Waals surface area contributed by atoms with Crippen LogP contribution in [0.25, 0.3) is 0 Å². The molecule has 14 heavy (non-hydrogen) atoms. The predicted octanol–water partition coefficient (Wildman–Crippen LogP) is 0.273. The minimum absolute atomic E-state index is 0.0112. The first-order valence-corrected chi connectivity index (χ1v) is 5.07. The molecule has 0 unspecified atom stereocenters. The maximum atomic E-state index is 11.5. The molecule has 4 nitrogen and oxygen atoms in total. The summed E-state index contributed by atoms with van der Waals surface area (Å²) in [6.45, 7) is 0.695. The van der Waals surface area contributed by atoms with E-state index in [2.05, 4.69) is 6.07 Å². The highest BCUT2D eigenvalue weighted by atomic mass is 16.3. The molecule has 2 aliphatic rings. The molecule has 1 N–H and O–H groups in total. The van der Waals surface area contributed by atoms with Gasteiger partial charge in [-0.1, -0.05) is 0 Å². The van der Waals surface area contributed by atoms with E-state index in [1.54, 1.807) is 4.90 Å². The highest BCUT2D eigenvalue weighted by molar-refractivity contribution is 5.80. The van der Waals surface area contributed by atoms with Gasteiger partial charge in [0.2, 0.25) is 5.91 Å². The summed E-state index contributed by atoms with van der Waals surface area (Å²) in [6.07, 6.45) is 2.81. The lowest BCUT2D eigenvalue weighted by Gasteiger charge is -2.42. The van der Waals surface area contributed by atoms with Crippen LogP contribution in [0, 0.1) is 17.2 Å². The van der Waals surface area contributed by atoms with Crippen molar-refractivity contribution in [2.45, 2.75) is 31.2 Å². The van der Waals surface area contributed by atoms with Gasteiger partial charge in [-0.3, -0.25) is 4.79 Å². The van der Waals surface area contributed by atoms with Crippen LogP contribution in [-0.4, -0.2) is 34.6 Å². The van der Waals surface area contributed by atoms with Gasteiger partial charge in [0.25, 0.3) is 0 Å². The smallest absolute Gasteiger partial charge is 0.223 e. The van der Waals surface area contributed by atoms with E-state index in [0.717, 1.165) is 12.8 Å². The monoisotopic (exact) mass is 194 g/mol. The molecule has 2 atom stereocenters. The molecule has 1 amide bonds. The second-order valence-corrected chi connectivity index (χ2v) is 4.10. The fraction of sp³-hybridized carbons (Fsp3) is 0.800. The third-order valence-corrected chi connectivity index (χ3v) is 3.53. The second kappa shape index (κ2) is 3.25. The number of amides is 1. The van der Waals surface area contributed by atoms with Crippen LogP contribution in [-0.2, 0) is 4.79 Å². The van der Waals surface area contributed by atoms with Crippen molar-refractivity contribution in [3.63, 3.8) is 0 Å². The zero-order valence-corrected chi connectivity index (χ0v) is 8.07. The standard InChI is InChI=1S/C10H14N2O2/c11-7-10-4-3-9(14)12(10)5-1-2-8(10)6-13/h8,13H,1-6H2/t8-,10+/m1/s1. The summed E-state index contributed by atoms with van der Waals surface area (Å²) in [5.41, 5.74) is -0.690. The van der Waals surface area contributed by atoms with E-state index in [1.807, 2.05) is 0 Å². The first kappa shape index (κ1) is 9.47. The number of carbonyl (C=O) groups excluding carboxylic acids is 1. The van der Waals surface area contributed by atoms with E-state index in [1.165, 1.54) is 0 Å². The number of rotatable bonds is 1. The van der Waals surface area contributed by atoms with Crippen LogP contribution < -0.4 is 0 Å². The average molecular weight is 194 g/mol. The molecule has 2 aliphatic heterocycles. The average Bonchev–Trinajstić information content (AvgIpc) is 2.57. The quantitative estimate of drug-likeness (QED) is 0.651. The van der Waals surface area contributed by atoms with Crippen molar-refractivity contribution in [2.24, 2.45) is 5.92 Å². The molecule has 76 valence electrons. The van der Waals surface area contributed by atoms with Crippen molar-refractivity contribution in [3.05, 3.63) is 0 Å². The number of hydrogen-bond donors (Lipinski definition) is 1. The number of hydrogen-bond acceptors (Lipinski definition) is 3. The van der Waals surface area contributed by atoms with Crippen LogP contribution in [0.3, 0.4) is 0 Å². The maximum Gasteiger partial charge on any atom is 0.223 e. The summed E-state index contributed by atoms with van der Waals surface area (Å²) in [4.78, 5) is 13.2. The third kappa shape index (κ3) is 1.05. The van der Waals surface area contributed by atoms with Crippen LogP contribution in [0.2, 0.25) is 0 Å². The molecule has 0 saturated carbocycles. The van der Waals surface area contributed by atoms with Gasteiger partial charge in [0.15, 0.2) is 0 Å². The molecule has 0 bridgehead atoms. The molecular formula is C10H14N2O2. The Bertz CT molecular complexity index is 297. The fourth-order valence-electron chi connectivity index (χ4n) is 2.72. The Kier molecular flexibility index (Phi) is 2.20. The summed E-state index contributed by atoms with van der Waals surface area (Å²) in [7, 11) is 0. The number of carbonyl (C=O) groups is 1. The van der Waals surface area contributed by atoms with Crippen LogP contribution in [0.1, 0.15) is 25.7 Å². The van der Waals surface area contributed by atoms with E-state index >= 15 is 0 Å². The Labute approximate surface area is 83.1 Å². The zero-order valence-electron chi connectivity index (χ0n) is 8.07. The fourth-order valence-corrected chi connectivity index (χ4v) is 2.72. The lowest BCUT2D eigenvalue weighted by molar-refractivity contribution is -0.133. The van der Waals surface area contributed by atoms with Crippen LogP contribution in [0.4, 0.5) is 0 Å². The van der Waals surface area contributed by atoms with Gasteiger partial charge in [-0.25, -0.2) is 0 Å². The third-order valence-electron chi connectivity index (χ3n) is 3.53. The molecule has 2 heterocycles. The normalized spacial score (nSPS) is 36.7. The Hall–Kier alpha value is -1.08. The van der Waals surface area contributed by atoms with Gasteiger partial charge in [-0.15, -0.1) is 0 Å². The minimum atomic E-state index is -0.690. The lowest BCUT2D eigenvalue weighted by atomic mass is 9.77. The Morgan fingerprint density at radius 2 is 2.50 bits per heavy atom.